The molecule has 42 heavy (non-hydrogen) atoms. The van der Waals surface area contributed by atoms with Gasteiger partial charge in [0, 0.05) is 41.6 Å². The molecular weight excluding hydrogens is 561 g/mol. The van der Waals surface area contributed by atoms with E-state index >= 15 is 0 Å². The summed E-state index contributed by atoms with van der Waals surface area (Å²) in [5, 5.41) is 3.28. The first-order chi connectivity index (χ1) is 20.1. The van der Waals surface area contributed by atoms with Crippen LogP contribution in [0.4, 0.5) is 10.1 Å². The fraction of sp³-hybridized carbons (Fsp3) is 0.406. The molecule has 0 bridgehead atoms. The van der Waals surface area contributed by atoms with Crippen molar-refractivity contribution in [1.29, 1.82) is 0 Å². The van der Waals surface area contributed by atoms with Gasteiger partial charge in [0.2, 0.25) is 5.91 Å². The lowest BCUT2D eigenvalue weighted by molar-refractivity contribution is -0.121. The second-order valence-electron chi connectivity index (χ2n) is 11.3. The normalized spacial score (nSPS) is 19.3. The topological polar surface area (TPSA) is 113 Å². The first kappa shape index (κ1) is 29.9. The Labute approximate surface area is 249 Å². The summed E-state index contributed by atoms with van der Waals surface area (Å²) in [6, 6.07) is 9.92. The highest BCUT2D eigenvalue weighted by Crippen LogP contribution is 2.35. The summed E-state index contributed by atoms with van der Waals surface area (Å²) in [6.45, 7) is 5.04. The number of nitrogens with zero attached hydrogens (tertiary/aromatic N) is 1. The summed E-state index contributed by atoms with van der Waals surface area (Å²) in [5.41, 5.74) is 8.08. The highest BCUT2D eigenvalue weighted by Gasteiger charge is 2.30. The van der Waals surface area contributed by atoms with E-state index in [-0.39, 0.29) is 48.0 Å². The quantitative estimate of drug-likeness (QED) is 0.367. The molecular formula is C32H35ClFN3O5. The first-order valence-electron chi connectivity index (χ1n) is 14.3. The number of ether oxygens (including phenoxy) is 2. The number of nitrogens with one attached hydrogen (secondary N) is 1. The highest BCUT2D eigenvalue weighted by atomic mass is 35.5. The summed E-state index contributed by atoms with van der Waals surface area (Å²) < 4.78 is 28.1. The third-order valence-corrected chi connectivity index (χ3v) is 8.28. The van der Waals surface area contributed by atoms with Crippen molar-refractivity contribution in [2.24, 2.45) is 11.7 Å². The van der Waals surface area contributed by atoms with Crippen LogP contribution in [0.1, 0.15) is 67.1 Å². The van der Waals surface area contributed by atoms with Crippen LogP contribution < -0.4 is 16.6 Å². The van der Waals surface area contributed by atoms with Crippen molar-refractivity contribution in [3.05, 3.63) is 86.5 Å². The molecule has 3 N–H and O–H groups in total. The Hall–Kier alpha value is -3.53. The molecule has 2 unspecified atom stereocenters. The van der Waals surface area contributed by atoms with Crippen molar-refractivity contribution in [2.45, 2.75) is 70.8 Å². The molecule has 0 saturated carbocycles. The van der Waals surface area contributed by atoms with Crippen molar-refractivity contribution >= 4 is 29.1 Å². The average molecular weight is 596 g/mol. The van der Waals surface area contributed by atoms with Crippen molar-refractivity contribution in [3.8, 4) is 11.1 Å². The first-order valence-corrected chi connectivity index (χ1v) is 14.7. The summed E-state index contributed by atoms with van der Waals surface area (Å²) >= 11 is 6.39. The molecule has 1 saturated heterocycles. The molecule has 3 aromatic rings. The van der Waals surface area contributed by atoms with E-state index in [1.807, 2.05) is 18.2 Å². The number of pyridine rings is 1. The van der Waals surface area contributed by atoms with Crippen LogP contribution >= 0.6 is 11.6 Å². The summed E-state index contributed by atoms with van der Waals surface area (Å²) in [5.74, 6) is -2.01. The summed E-state index contributed by atoms with van der Waals surface area (Å²) in [7, 11) is 0. The van der Waals surface area contributed by atoms with Gasteiger partial charge in [-0.3, -0.25) is 14.4 Å². The van der Waals surface area contributed by atoms with E-state index in [9.17, 15) is 18.8 Å². The van der Waals surface area contributed by atoms with Gasteiger partial charge in [-0.15, -0.1) is 0 Å². The number of carbonyl (C=O) groups excluding carboxylic acids is 2. The highest BCUT2D eigenvalue weighted by molar-refractivity contribution is 6.30. The number of benzene rings is 2. The van der Waals surface area contributed by atoms with Crippen LogP contribution in [0.3, 0.4) is 0 Å². The molecule has 0 radical (unpaired) electrons. The van der Waals surface area contributed by atoms with Gasteiger partial charge in [-0.05, 0) is 78.6 Å². The van der Waals surface area contributed by atoms with E-state index in [1.54, 1.807) is 6.20 Å². The van der Waals surface area contributed by atoms with Crippen LogP contribution in [0, 0.1) is 11.7 Å². The fourth-order valence-electron chi connectivity index (χ4n) is 5.69. The molecule has 5 rings (SSSR count). The van der Waals surface area contributed by atoms with Gasteiger partial charge in [0.05, 0.1) is 24.4 Å². The van der Waals surface area contributed by atoms with Crippen LogP contribution in [-0.2, 0) is 27.3 Å². The van der Waals surface area contributed by atoms with E-state index in [0.717, 1.165) is 42.0 Å². The Kier molecular flexibility index (Phi) is 9.11. The number of amides is 2. The molecule has 1 fully saturated rings. The molecule has 0 aliphatic carbocycles. The third kappa shape index (κ3) is 6.59. The van der Waals surface area contributed by atoms with E-state index < -0.39 is 23.7 Å². The molecule has 2 amide bonds. The standard InChI is InChI=1S/C32H35ClFN3O5/c1-18(2)29-11-19-6-7-21(33)12-25(19)26-15-30(38)37(16-20(26)17-42-29)28(14-23-5-3-4-10-41-23)32(40)36-22-8-9-24(31(35)39)27(34)13-22/h6-9,12-13,15-16,18,23,28-29H,3-5,10-11,14,17H2,1-2H3,(H2,35,39)(H,36,40)/t23-,28?,29?/m0/s1. The minimum atomic E-state index is -0.949. The van der Waals surface area contributed by atoms with Gasteiger partial charge in [-0.25, -0.2) is 4.39 Å². The van der Waals surface area contributed by atoms with Gasteiger partial charge in [-0.2, -0.15) is 0 Å². The molecule has 222 valence electrons. The lowest BCUT2D eigenvalue weighted by atomic mass is 9.89. The van der Waals surface area contributed by atoms with Crippen LogP contribution in [0.15, 0.2) is 53.5 Å². The minimum Gasteiger partial charge on any atom is -0.378 e. The van der Waals surface area contributed by atoms with Crippen LogP contribution in [-0.4, -0.2) is 35.2 Å². The molecule has 0 spiro atoms. The lowest BCUT2D eigenvalue weighted by Crippen LogP contribution is -2.37. The van der Waals surface area contributed by atoms with Crippen molar-refractivity contribution in [3.63, 3.8) is 0 Å². The number of halogens is 2. The van der Waals surface area contributed by atoms with Crippen LogP contribution in [0.5, 0.6) is 0 Å². The zero-order valence-electron chi connectivity index (χ0n) is 23.7. The summed E-state index contributed by atoms with van der Waals surface area (Å²) in [6.07, 6.45) is 5.01. The molecule has 10 heteroatoms. The predicted octanol–water partition coefficient (Wildman–Crippen LogP) is 5.64. The number of rotatable bonds is 7. The Morgan fingerprint density at radius 3 is 2.57 bits per heavy atom. The molecule has 1 aromatic heterocycles. The fourth-order valence-corrected chi connectivity index (χ4v) is 5.86. The Balaban J connectivity index is 1.55. The number of hydrogen-bond acceptors (Lipinski definition) is 5. The number of anilines is 1. The van der Waals surface area contributed by atoms with Crippen molar-refractivity contribution in [1.82, 2.24) is 4.57 Å². The van der Waals surface area contributed by atoms with Gasteiger partial charge in [0.15, 0.2) is 0 Å². The second kappa shape index (κ2) is 12.8. The van der Waals surface area contributed by atoms with Gasteiger partial charge < -0.3 is 25.1 Å². The number of hydrogen-bond donors (Lipinski definition) is 2. The molecule has 2 aromatic carbocycles. The smallest absolute Gasteiger partial charge is 0.251 e. The number of aromatic nitrogens is 1. The third-order valence-electron chi connectivity index (χ3n) is 8.04. The maximum Gasteiger partial charge on any atom is 0.251 e. The molecule has 3 atom stereocenters. The molecule has 8 nitrogen and oxygen atoms in total. The largest absolute Gasteiger partial charge is 0.378 e. The zero-order valence-corrected chi connectivity index (χ0v) is 24.5. The van der Waals surface area contributed by atoms with Crippen LogP contribution in [0.25, 0.3) is 11.1 Å². The SMILES string of the molecule is CC(C)C1Cc2ccc(Cl)cc2-c2cc(=O)n(C(C[C@@H]3CCCCO3)C(=O)Nc3ccc(C(N)=O)c(F)c3)cc2CO1. The van der Waals surface area contributed by atoms with E-state index in [4.69, 9.17) is 26.8 Å². The molecule has 2 aliphatic rings. The maximum absolute atomic E-state index is 14.5. The Bertz CT molecular complexity index is 1550. The van der Waals surface area contributed by atoms with E-state index in [0.29, 0.717) is 23.6 Å². The Morgan fingerprint density at radius 1 is 1.10 bits per heavy atom. The van der Waals surface area contributed by atoms with Crippen molar-refractivity contribution in [2.75, 3.05) is 11.9 Å². The monoisotopic (exact) mass is 595 g/mol. The lowest BCUT2D eigenvalue weighted by Gasteiger charge is -2.30. The van der Waals surface area contributed by atoms with Gasteiger partial charge >= 0.3 is 0 Å². The number of primary amides is 1. The van der Waals surface area contributed by atoms with Crippen molar-refractivity contribution < 1.29 is 23.5 Å². The Morgan fingerprint density at radius 2 is 1.88 bits per heavy atom. The number of fused-ring (bicyclic) bond motifs is 3. The van der Waals surface area contributed by atoms with Gasteiger partial charge in [0.25, 0.3) is 11.5 Å². The van der Waals surface area contributed by atoms with E-state index in [2.05, 4.69) is 19.2 Å². The second-order valence-corrected chi connectivity index (χ2v) is 11.8. The number of carbonyl (C=O) groups is 2. The predicted molar refractivity (Wildman–Crippen MR) is 159 cm³/mol. The minimum absolute atomic E-state index is 0.0496. The zero-order chi connectivity index (χ0) is 30.0. The van der Waals surface area contributed by atoms with Gasteiger partial charge in [-0.1, -0.05) is 31.5 Å². The summed E-state index contributed by atoms with van der Waals surface area (Å²) in [4.78, 5) is 38.9. The van der Waals surface area contributed by atoms with Crippen LogP contribution in [0.2, 0.25) is 5.02 Å². The maximum atomic E-state index is 14.5. The molecule has 2 aliphatic heterocycles. The average Bonchev–Trinajstić information content (AvgIpc) is 2.94. The molecule has 3 heterocycles. The van der Waals surface area contributed by atoms with Gasteiger partial charge in [0.1, 0.15) is 11.9 Å². The van der Waals surface area contributed by atoms with E-state index in [1.165, 1.54) is 22.8 Å². The number of nitrogens with two attached hydrogens (primary N) is 1.